The molecule has 1 aromatic heterocycles. The summed E-state index contributed by atoms with van der Waals surface area (Å²) in [7, 11) is 0. The zero-order valence-corrected chi connectivity index (χ0v) is 15.5. The maximum Gasteiger partial charge on any atom is 0.248 e. The van der Waals surface area contributed by atoms with Crippen molar-refractivity contribution >= 4 is 62.4 Å². The van der Waals surface area contributed by atoms with Gasteiger partial charge in [0.2, 0.25) is 11.8 Å². The van der Waals surface area contributed by atoms with Crippen molar-refractivity contribution in [2.45, 2.75) is 13.3 Å². The van der Waals surface area contributed by atoms with Gasteiger partial charge in [0, 0.05) is 18.2 Å². The molecule has 2 amide bonds. The molecule has 0 fully saturated rings. The van der Waals surface area contributed by atoms with Gasteiger partial charge < -0.3 is 10.6 Å². The van der Waals surface area contributed by atoms with Crippen molar-refractivity contribution in [1.82, 2.24) is 4.98 Å². The molecule has 0 aliphatic rings. The van der Waals surface area contributed by atoms with Crippen LogP contribution in [0.15, 0.2) is 48.5 Å². The van der Waals surface area contributed by atoms with Gasteiger partial charge in [-0.2, -0.15) is 0 Å². The van der Waals surface area contributed by atoms with Gasteiger partial charge in [0.15, 0.2) is 0 Å². The lowest BCUT2D eigenvalue weighted by Crippen LogP contribution is -2.11. The quantitative estimate of drug-likeness (QED) is 0.610. The summed E-state index contributed by atoms with van der Waals surface area (Å²) in [6, 6.07) is 12.7. The molecule has 2 N–H and O–H groups in total. The zero-order chi connectivity index (χ0) is 18.5. The Morgan fingerprint density at radius 1 is 1.19 bits per heavy atom. The van der Waals surface area contributed by atoms with Crippen LogP contribution >= 0.6 is 22.9 Å². The van der Waals surface area contributed by atoms with E-state index < -0.39 is 0 Å². The summed E-state index contributed by atoms with van der Waals surface area (Å²) in [5, 5.41) is 6.58. The van der Waals surface area contributed by atoms with E-state index in [9.17, 15) is 9.59 Å². The lowest BCUT2D eigenvalue weighted by molar-refractivity contribution is -0.116. The first kappa shape index (κ1) is 18.1. The van der Waals surface area contributed by atoms with Crippen LogP contribution in [-0.4, -0.2) is 16.8 Å². The Balaban J connectivity index is 1.70. The lowest BCUT2D eigenvalue weighted by atomic mass is 10.2. The molecule has 1 heterocycles. The Hall–Kier alpha value is -2.70. The summed E-state index contributed by atoms with van der Waals surface area (Å²) in [6.07, 6.45) is 3.44. The summed E-state index contributed by atoms with van der Waals surface area (Å²) < 4.78 is 1.06. The molecule has 0 saturated carbocycles. The molecule has 0 saturated heterocycles. The predicted molar refractivity (Wildman–Crippen MR) is 108 cm³/mol. The van der Waals surface area contributed by atoms with Gasteiger partial charge in [-0.15, -0.1) is 11.3 Å². The number of fused-ring (bicyclic) bond motifs is 1. The number of carbonyl (C=O) groups is 2. The summed E-state index contributed by atoms with van der Waals surface area (Å²) in [6.45, 7) is 1.76. The Labute approximate surface area is 159 Å². The van der Waals surface area contributed by atoms with Crippen molar-refractivity contribution in [3.05, 3.63) is 58.6 Å². The topological polar surface area (TPSA) is 71.1 Å². The fourth-order valence-electron chi connectivity index (χ4n) is 2.23. The number of anilines is 2. The maximum absolute atomic E-state index is 12.2. The van der Waals surface area contributed by atoms with Gasteiger partial charge in [0.05, 0.1) is 20.9 Å². The number of nitrogens with one attached hydrogen (secondary N) is 2. The van der Waals surface area contributed by atoms with Crippen LogP contribution in [0.25, 0.3) is 16.3 Å². The molecule has 0 spiro atoms. The van der Waals surface area contributed by atoms with Gasteiger partial charge in [-0.25, -0.2) is 4.98 Å². The number of halogens is 1. The molecule has 3 aromatic rings. The van der Waals surface area contributed by atoms with E-state index in [-0.39, 0.29) is 11.8 Å². The van der Waals surface area contributed by atoms with Gasteiger partial charge in [0.1, 0.15) is 5.01 Å². The standard InChI is InChI=1S/C19H16ClN3O2S/c1-2-17(24)21-12-7-8-13(20)15(11-12)22-18(25)9-10-19-23-14-5-3-4-6-16(14)26-19/h3-11H,2H2,1H3,(H,21,24)(H,22,25)/b10-9+. The number of aromatic nitrogens is 1. The second-order valence-electron chi connectivity index (χ2n) is 5.44. The number of benzene rings is 2. The van der Waals surface area contributed by atoms with Crippen LogP contribution in [0.1, 0.15) is 18.4 Å². The van der Waals surface area contributed by atoms with Crippen LogP contribution in [0.5, 0.6) is 0 Å². The maximum atomic E-state index is 12.2. The molecule has 5 nitrogen and oxygen atoms in total. The number of amides is 2. The predicted octanol–water partition coefficient (Wildman–Crippen LogP) is 4.95. The van der Waals surface area contributed by atoms with Crippen molar-refractivity contribution in [3.63, 3.8) is 0 Å². The molecule has 3 rings (SSSR count). The largest absolute Gasteiger partial charge is 0.326 e. The first-order valence-corrected chi connectivity index (χ1v) is 9.18. The van der Waals surface area contributed by atoms with Crippen molar-refractivity contribution in [3.8, 4) is 0 Å². The minimum atomic E-state index is -0.329. The molecule has 0 unspecified atom stereocenters. The highest BCUT2D eigenvalue weighted by molar-refractivity contribution is 7.19. The molecule has 0 aliphatic carbocycles. The van der Waals surface area contributed by atoms with E-state index in [1.807, 2.05) is 24.3 Å². The minimum absolute atomic E-state index is 0.111. The Morgan fingerprint density at radius 3 is 2.77 bits per heavy atom. The van der Waals surface area contributed by atoms with Gasteiger partial charge in [-0.1, -0.05) is 30.7 Å². The van der Waals surface area contributed by atoms with E-state index in [0.717, 1.165) is 15.2 Å². The second kappa shape index (κ2) is 8.12. The number of hydrogen-bond acceptors (Lipinski definition) is 4. The third kappa shape index (κ3) is 4.47. The minimum Gasteiger partial charge on any atom is -0.326 e. The van der Waals surface area contributed by atoms with Crippen molar-refractivity contribution in [2.75, 3.05) is 10.6 Å². The molecular weight excluding hydrogens is 370 g/mol. The molecule has 7 heteroatoms. The van der Waals surface area contributed by atoms with Gasteiger partial charge in [-0.05, 0) is 36.4 Å². The molecule has 0 atom stereocenters. The summed E-state index contributed by atoms with van der Waals surface area (Å²) in [4.78, 5) is 28.1. The Kier molecular flexibility index (Phi) is 5.65. The summed E-state index contributed by atoms with van der Waals surface area (Å²) in [5.74, 6) is -0.439. The van der Waals surface area contributed by atoms with E-state index in [0.29, 0.717) is 22.8 Å². The van der Waals surface area contributed by atoms with Crippen LogP contribution in [-0.2, 0) is 9.59 Å². The molecule has 0 bridgehead atoms. The molecular formula is C19H16ClN3O2S. The van der Waals surface area contributed by atoms with Crippen LogP contribution in [0.3, 0.4) is 0 Å². The fraction of sp³-hybridized carbons (Fsp3) is 0.105. The zero-order valence-electron chi connectivity index (χ0n) is 14.0. The number of rotatable bonds is 5. The smallest absolute Gasteiger partial charge is 0.248 e. The number of para-hydroxylation sites is 1. The summed E-state index contributed by atoms with van der Waals surface area (Å²) in [5.41, 5.74) is 1.91. The van der Waals surface area contributed by atoms with Gasteiger partial charge in [0.25, 0.3) is 0 Å². The van der Waals surface area contributed by atoms with E-state index in [1.54, 1.807) is 31.2 Å². The highest BCUT2D eigenvalue weighted by Crippen LogP contribution is 2.26. The van der Waals surface area contributed by atoms with Crippen molar-refractivity contribution < 1.29 is 9.59 Å². The number of nitrogens with zero attached hydrogens (tertiary/aromatic N) is 1. The number of hydrogen-bond donors (Lipinski definition) is 2. The second-order valence-corrected chi connectivity index (χ2v) is 6.91. The third-order valence-corrected chi connectivity index (χ3v) is 4.85. The normalized spacial score (nSPS) is 11.0. The SMILES string of the molecule is CCC(=O)Nc1ccc(Cl)c(NC(=O)/C=C/c2nc3ccccc3s2)c1. The van der Waals surface area contributed by atoms with Crippen molar-refractivity contribution in [1.29, 1.82) is 0 Å². The Bertz CT molecular complexity index is 964. The summed E-state index contributed by atoms with van der Waals surface area (Å²) >= 11 is 7.63. The first-order chi connectivity index (χ1) is 12.5. The number of thiazole rings is 1. The monoisotopic (exact) mass is 385 g/mol. The van der Waals surface area contributed by atoms with Gasteiger partial charge in [-0.3, -0.25) is 9.59 Å². The van der Waals surface area contributed by atoms with Crippen LogP contribution in [0.2, 0.25) is 5.02 Å². The third-order valence-electron chi connectivity index (χ3n) is 3.52. The van der Waals surface area contributed by atoms with Crippen molar-refractivity contribution in [2.24, 2.45) is 0 Å². The fourth-order valence-corrected chi connectivity index (χ4v) is 3.27. The lowest BCUT2D eigenvalue weighted by Gasteiger charge is -2.09. The molecule has 26 heavy (non-hydrogen) atoms. The molecule has 0 aliphatic heterocycles. The van der Waals surface area contributed by atoms with Crippen LogP contribution in [0, 0.1) is 0 Å². The highest BCUT2D eigenvalue weighted by atomic mass is 35.5. The van der Waals surface area contributed by atoms with E-state index in [2.05, 4.69) is 15.6 Å². The van der Waals surface area contributed by atoms with Gasteiger partial charge >= 0.3 is 0 Å². The average molecular weight is 386 g/mol. The van der Waals surface area contributed by atoms with E-state index in [4.69, 9.17) is 11.6 Å². The molecule has 0 radical (unpaired) electrons. The molecule has 132 valence electrons. The van der Waals surface area contributed by atoms with E-state index in [1.165, 1.54) is 17.4 Å². The number of carbonyl (C=O) groups excluding carboxylic acids is 2. The highest BCUT2D eigenvalue weighted by Gasteiger charge is 2.07. The van der Waals surface area contributed by atoms with Crippen LogP contribution in [0.4, 0.5) is 11.4 Å². The van der Waals surface area contributed by atoms with Crippen LogP contribution < -0.4 is 10.6 Å². The average Bonchev–Trinajstić information content (AvgIpc) is 3.05. The Morgan fingerprint density at radius 2 is 2.00 bits per heavy atom. The first-order valence-electron chi connectivity index (χ1n) is 7.99. The van der Waals surface area contributed by atoms with E-state index >= 15 is 0 Å². The molecule has 2 aromatic carbocycles.